The molecule has 8 heteroatoms. The molecule has 8 nitrogen and oxygen atoms in total. The van der Waals surface area contributed by atoms with Crippen molar-refractivity contribution in [2.45, 2.75) is 25.8 Å². The Hall–Kier alpha value is -3.68. The lowest BCUT2D eigenvalue weighted by Crippen LogP contribution is -2.41. The van der Waals surface area contributed by atoms with Crippen LogP contribution in [0.15, 0.2) is 48.5 Å². The summed E-state index contributed by atoms with van der Waals surface area (Å²) in [5, 5.41) is 7.37. The molecule has 156 valence electrons. The number of nitrogens with one attached hydrogen (secondary N) is 1. The molecule has 2 aromatic carbocycles. The Kier molecular flexibility index (Phi) is 6.46. The van der Waals surface area contributed by atoms with Crippen molar-refractivity contribution in [1.29, 1.82) is 5.41 Å². The SMILES string of the molecule is CCOC(=O)[C@H]1CCCN1C(=O)c1ccc(C(=O)Oc2ccc(C(=N)N)cc2)cc1. The third-order valence-corrected chi connectivity index (χ3v) is 4.82. The van der Waals surface area contributed by atoms with Gasteiger partial charge in [-0.15, -0.1) is 0 Å². The third-order valence-electron chi connectivity index (χ3n) is 4.82. The summed E-state index contributed by atoms with van der Waals surface area (Å²) in [6.07, 6.45) is 1.32. The normalized spacial score (nSPS) is 15.5. The number of benzene rings is 2. The van der Waals surface area contributed by atoms with Gasteiger partial charge in [-0.05, 0) is 68.3 Å². The molecule has 0 saturated carbocycles. The number of rotatable bonds is 6. The van der Waals surface area contributed by atoms with Gasteiger partial charge in [-0.3, -0.25) is 10.2 Å². The number of ether oxygens (including phenoxy) is 2. The minimum absolute atomic E-state index is 0.0728. The van der Waals surface area contributed by atoms with Gasteiger partial charge in [-0.1, -0.05) is 0 Å². The summed E-state index contributed by atoms with van der Waals surface area (Å²) in [4.78, 5) is 38.7. The second-order valence-electron chi connectivity index (χ2n) is 6.81. The highest BCUT2D eigenvalue weighted by Crippen LogP contribution is 2.22. The Bertz CT molecular complexity index is 954. The summed E-state index contributed by atoms with van der Waals surface area (Å²) in [5.41, 5.74) is 6.59. The highest BCUT2D eigenvalue weighted by atomic mass is 16.5. The zero-order chi connectivity index (χ0) is 21.7. The fraction of sp³-hybridized carbons (Fsp3) is 0.273. The number of nitrogens with two attached hydrogens (primary N) is 1. The van der Waals surface area contributed by atoms with Crippen molar-refractivity contribution in [3.05, 3.63) is 65.2 Å². The lowest BCUT2D eigenvalue weighted by atomic mass is 10.1. The van der Waals surface area contributed by atoms with E-state index in [1.165, 1.54) is 29.2 Å². The van der Waals surface area contributed by atoms with E-state index in [2.05, 4.69) is 0 Å². The summed E-state index contributed by atoms with van der Waals surface area (Å²) < 4.78 is 10.4. The van der Waals surface area contributed by atoms with E-state index in [-0.39, 0.29) is 29.9 Å². The van der Waals surface area contributed by atoms with E-state index in [1.807, 2.05) is 0 Å². The number of nitrogens with zero attached hydrogens (tertiary/aromatic N) is 1. The Balaban J connectivity index is 1.66. The molecule has 1 amide bonds. The topological polar surface area (TPSA) is 123 Å². The molecular weight excluding hydrogens is 386 g/mol. The molecule has 0 unspecified atom stereocenters. The second-order valence-corrected chi connectivity index (χ2v) is 6.81. The van der Waals surface area contributed by atoms with Crippen LogP contribution in [0.5, 0.6) is 5.75 Å². The van der Waals surface area contributed by atoms with Crippen LogP contribution in [0.1, 0.15) is 46.0 Å². The van der Waals surface area contributed by atoms with Crippen LogP contribution in [0, 0.1) is 5.41 Å². The Morgan fingerprint density at radius 2 is 1.63 bits per heavy atom. The van der Waals surface area contributed by atoms with E-state index < -0.39 is 12.0 Å². The van der Waals surface area contributed by atoms with Gasteiger partial charge in [0.2, 0.25) is 0 Å². The van der Waals surface area contributed by atoms with E-state index in [4.69, 9.17) is 20.6 Å². The van der Waals surface area contributed by atoms with Crippen LogP contribution in [0.4, 0.5) is 0 Å². The molecule has 1 fully saturated rings. The minimum Gasteiger partial charge on any atom is -0.464 e. The van der Waals surface area contributed by atoms with Crippen molar-refractivity contribution in [2.24, 2.45) is 5.73 Å². The molecule has 0 bridgehead atoms. The van der Waals surface area contributed by atoms with E-state index in [0.29, 0.717) is 29.8 Å². The number of nitrogen functional groups attached to an aromatic ring is 1. The van der Waals surface area contributed by atoms with E-state index >= 15 is 0 Å². The Labute approximate surface area is 174 Å². The lowest BCUT2D eigenvalue weighted by Gasteiger charge is -2.23. The molecule has 2 aromatic rings. The number of carbonyl (C=O) groups excluding carboxylic acids is 3. The zero-order valence-corrected chi connectivity index (χ0v) is 16.6. The first kappa shape index (κ1) is 21.0. The van der Waals surface area contributed by atoms with Crippen LogP contribution in [0.25, 0.3) is 0 Å². The van der Waals surface area contributed by atoms with Gasteiger partial charge < -0.3 is 20.1 Å². The van der Waals surface area contributed by atoms with Crippen LogP contribution < -0.4 is 10.5 Å². The average Bonchev–Trinajstić information content (AvgIpc) is 3.24. The number of hydrogen-bond donors (Lipinski definition) is 2. The van der Waals surface area contributed by atoms with Gasteiger partial charge >= 0.3 is 11.9 Å². The molecule has 30 heavy (non-hydrogen) atoms. The summed E-state index contributed by atoms with van der Waals surface area (Å²) in [5.74, 6) is -0.990. The standard InChI is InChI=1S/C22H23N3O5/c1-2-29-22(28)18-4-3-13-25(18)20(26)15-5-7-16(8-6-15)21(27)30-17-11-9-14(10-12-17)19(23)24/h5-12,18H,2-4,13H2,1H3,(H3,23,24)/t18-/m1/s1. The summed E-state index contributed by atoms with van der Waals surface area (Å²) in [6, 6.07) is 11.8. The largest absolute Gasteiger partial charge is 0.464 e. The number of amides is 1. The summed E-state index contributed by atoms with van der Waals surface area (Å²) >= 11 is 0. The van der Waals surface area contributed by atoms with Crippen LogP contribution in [0.2, 0.25) is 0 Å². The maximum atomic E-state index is 12.8. The van der Waals surface area contributed by atoms with Gasteiger partial charge in [0.1, 0.15) is 17.6 Å². The first-order valence-electron chi connectivity index (χ1n) is 9.65. The predicted octanol–water partition coefficient (Wildman–Crippen LogP) is 2.36. The van der Waals surface area contributed by atoms with Crippen molar-refractivity contribution in [3.8, 4) is 5.75 Å². The van der Waals surface area contributed by atoms with Crippen molar-refractivity contribution >= 4 is 23.7 Å². The molecule has 3 rings (SSSR count). The van der Waals surface area contributed by atoms with Crippen LogP contribution in [-0.4, -0.2) is 47.8 Å². The fourth-order valence-corrected chi connectivity index (χ4v) is 3.28. The first-order chi connectivity index (χ1) is 14.4. The maximum Gasteiger partial charge on any atom is 0.343 e. The van der Waals surface area contributed by atoms with Gasteiger partial charge in [-0.2, -0.15) is 0 Å². The number of amidine groups is 1. The highest BCUT2D eigenvalue weighted by Gasteiger charge is 2.35. The van der Waals surface area contributed by atoms with Crippen LogP contribution >= 0.6 is 0 Å². The highest BCUT2D eigenvalue weighted by molar-refractivity contribution is 5.99. The molecule has 3 N–H and O–H groups in total. The molecule has 0 spiro atoms. The van der Waals surface area contributed by atoms with Crippen LogP contribution in [-0.2, 0) is 9.53 Å². The molecule has 1 heterocycles. The van der Waals surface area contributed by atoms with Crippen LogP contribution in [0.3, 0.4) is 0 Å². The van der Waals surface area contributed by atoms with Crippen molar-refractivity contribution < 1.29 is 23.9 Å². The Morgan fingerprint density at radius 1 is 1.03 bits per heavy atom. The molecule has 1 saturated heterocycles. The van der Waals surface area contributed by atoms with E-state index in [1.54, 1.807) is 31.2 Å². The smallest absolute Gasteiger partial charge is 0.343 e. The number of esters is 2. The number of carbonyl (C=O) groups is 3. The number of likely N-dealkylation sites (tertiary alicyclic amines) is 1. The Morgan fingerprint density at radius 3 is 2.23 bits per heavy atom. The van der Waals surface area contributed by atoms with Gasteiger partial charge in [0.05, 0.1) is 12.2 Å². The molecule has 0 aliphatic carbocycles. The second kappa shape index (κ2) is 9.21. The van der Waals surface area contributed by atoms with Crippen molar-refractivity contribution in [2.75, 3.05) is 13.2 Å². The van der Waals surface area contributed by atoms with Gasteiger partial charge in [0.15, 0.2) is 0 Å². The van der Waals surface area contributed by atoms with Gasteiger partial charge in [-0.25, -0.2) is 9.59 Å². The van der Waals surface area contributed by atoms with Crippen molar-refractivity contribution in [1.82, 2.24) is 4.90 Å². The first-order valence-corrected chi connectivity index (χ1v) is 9.65. The molecular formula is C22H23N3O5. The summed E-state index contributed by atoms with van der Waals surface area (Å²) in [6.45, 7) is 2.49. The minimum atomic E-state index is -0.574. The predicted molar refractivity (Wildman–Crippen MR) is 110 cm³/mol. The third kappa shape index (κ3) is 4.65. The quantitative estimate of drug-likeness (QED) is 0.327. The van der Waals surface area contributed by atoms with Crippen molar-refractivity contribution in [3.63, 3.8) is 0 Å². The fourth-order valence-electron chi connectivity index (χ4n) is 3.28. The van der Waals surface area contributed by atoms with Gasteiger partial charge in [0.25, 0.3) is 5.91 Å². The zero-order valence-electron chi connectivity index (χ0n) is 16.6. The van der Waals surface area contributed by atoms with E-state index in [0.717, 1.165) is 6.42 Å². The van der Waals surface area contributed by atoms with Gasteiger partial charge in [0, 0.05) is 17.7 Å². The molecule has 1 atom stereocenters. The lowest BCUT2D eigenvalue weighted by molar-refractivity contribution is -0.147. The maximum absolute atomic E-state index is 12.8. The number of hydrogen-bond acceptors (Lipinski definition) is 6. The monoisotopic (exact) mass is 409 g/mol. The molecule has 1 aliphatic rings. The summed E-state index contributed by atoms with van der Waals surface area (Å²) in [7, 11) is 0. The average molecular weight is 409 g/mol. The van der Waals surface area contributed by atoms with E-state index in [9.17, 15) is 14.4 Å². The molecule has 1 aliphatic heterocycles. The molecule has 0 aromatic heterocycles. The molecule has 0 radical (unpaired) electrons.